The Bertz CT molecular complexity index is 1340. The number of ether oxygens (including phenoxy) is 1. The molecule has 0 N–H and O–H groups in total. The third kappa shape index (κ3) is 3.60. The molecule has 4 aromatic rings. The fourth-order valence-electron chi connectivity index (χ4n) is 5.29. The van der Waals surface area contributed by atoms with Crippen molar-refractivity contribution in [3.8, 4) is 5.75 Å². The number of methoxy groups -OCH3 is 1. The molecule has 0 saturated carbocycles. The molecule has 2 aliphatic heterocycles. The number of amides is 1. The summed E-state index contributed by atoms with van der Waals surface area (Å²) in [6, 6.07) is 36.1. The molecule has 5 nitrogen and oxygen atoms in total. The summed E-state index contributed by atoms with van der Waals surface area (Å²) in [6.45, 7) is 0.606. The highest BCUT2D eigenvalue weighted by molar-refractivity contribution is 6.11. The molecule has 35 heavy (non-hydrogen) atoms. The highest BCUT2D eigenvalue weighted by atomic mass is 16.7. The summed E-state index contributed by atoms with van der Waals surface area (Å²) in [5.41, 5.74) is 3.72. The SMILES string of the molecule is COc1ccc(N2C(=O)c3ccccc3[C@]23C[C@@H](c2ccccc2)N(Cc2ccccc2)O3)cc1. The van der Waals surface area contributed by atoms with Gasteiger partial charge >= 0.3 is 0 Å². The molecule has 2 heterocycles. The van der Waals surface area contributed by atoms with Crippen molar-refractivity contribution in [2.24, 2.45) is 0 Å². The first-order valence-corrected chi connectivity index (χ1v) is 11.8. The van der Waals surface area contributed by atoms with Crippen molar-refractivity contribution in [2.75, 3.05) is 12.0 Å². The first-order valence-electron chi connectivity index (χ1n) is 11.8. The fraction of sp³-hybridized carbons (Fsp3) is 0.167. The molecule has 1 fully saturated rings. The van der Waals surface area contributed by atoms with Crippen molar-refractivity contribution in [3.63, 3.8) is 0 Å². The number of benzene rings is 4. The van der Waals surface area contributed by atoms with Crippen LogP contribution in [0.25, 0.3) is 0 Å². The number of nitrogens with zero attached hydrogens (tertiary/aromatic N) is 2. The van der Waals surface area contributed by atoms with Gasteiger partial charge in [0.15, 0.2) is 5.72 Å². The van der Waals surface area contributed by atoms with Crippen LogP contribution in [0.15, 0.2) is 109 Å². The number of hydrogen-bond acceptors (Lipinski definition) is 4. The summed E-state index contributed by atoms with van der Waals surface area (Å²) in [4.78, 5) is 22.5. The lowest BCUT2D eigenvalue weighted by atomic mass is 9.92. The van der Waals surface area contributed by atoms with Gasteiger partial charge in [0.05, 0.1) is 13.2 Å². The van der Waals surface area contributed by atoms with Gasteiger partial charge in [-0.15, -0.1) is 0 Å². The highest BCUT2D eigenvalue weighted by Gasteiger charge is 2.58. The van der Waals surface area contributed by atoms with Crippen molar-refractivity contribution in [2.45, 2.75) is 24.7 Å². The molecule has 2 atom stereocenters. The maximum absolute atomic E-state index is 13.8. The van der Waals surface area contributed by atoms with Crippen LogP contribution in [0, 0.1) is 0 Å². The van der Waals surface area contributed by atoms with Crippen LogP contribution >= 0.6 is 0 Å². The first kappa shape index (κ1) is 21.6. The molecule has 1 saturated heterocycles. The molecule has 2 aliphatic rings. The number of rotatable bonds is 5. The average Bonchev–Trinajstić information content (AvgIpc) is 3.40. The Morgan fingerprint density at radius 2 is 1.51 bits per heavy atom. The zero-order valence-corrected chi connectivity index (χ0v) is 19.5. The normalized spacial score (nSPS) is 21.5. The molecule has 1 amide bonds. The van der Waals surface area contributed by atoms with E-state index in [1.807, 2.05) is 82.8 Å². The Hall–Kier alpha value is -3.93. The van der Waals surface area contributed by atoms with E-state index in [1.54, 1.807) is 7.11 Å². The van der Waals surface area contributed by atoms with Crippen LogP contribution in [0.2, 0.25) is 0 Å². The molecule has 0 aromatic heterocycles. The van der Waals surface area contributed by atoms with Gasteiger partial charge in [0, 0.05) is 29.8 Å². The molecule has 6 rings (SSSR count). The summed E-state index contributed by atoms with van der Waals surface area (Å²) in [5.74, 6) is 0.686. The van der Waals surface area contributed by atoms with E-state index in [2.05, 4.69) is 36.4 Å². The van der Waals surface area contributed by atoms with E-state index < -0.39 is 5.72 Å². The third-order valence-corrected chi connectivity index (χ3v) is 6.92. The lowest BCUT2D eigenvalue weighted by Crippen LogP contribution is -2.44. The summed E-state index contributed by atoms with van der Waals surface area (Å²) >= 11 is 0. The molecule has 1 spiro atoms. The quantitative estimate of drug-likeness (QED) is 0.360. The van der Waals surface area contributed by atoms with Crippen molar-refractivity contribution >= 4 is 11.6 Å². The largest absolute Gasteiger partial charge is 0.497 e. The lowest BCUT2D eigenvalue weighted by Gasteiger charge is -2.35. The van der Waals surface area contributed by atoms with Crippen LogP contribution in [-0.2, 0) is 17.1 Å². The standard InChI is InChI=1S/C30H26N2O3/c1-34-25-18-16-24(17-19-25)32-29(33)26-14-8-9-15-27(26)30(32)20-28(23-12-6-3-7-13-23)31(35-30)21-22-10-4-2-5-11-22/h2-19,28H,20-21H2,1H3/t28-,30+/m0/s1. The van der Waals surface area contributed by atoms with Gasteiger partial charge in [-0.2, -0.15) is 5.06 Å². The van der Waals surface area contributed by atoms with Crippen LogP contribution in [0.1, 0.15) is 39.5 Å². The van der Waals surface area contributed by atoms with Crippen LogP contribution in [0.4, 0.5) is 5.69 Å². The Kier molecular flexibility index (Phi) is 5.36. The minimum absolute atomic E-state index is 0.0314. The third-order valence-electron chi connectivity index (χ3n) is 6.92. The number of fused-ring (bicyclic) bond motifs is 2. The zero-order valence-electron chi connectivity index (χ0n) is 19.5. The highest BCUT2D eigenvalue weighted by Crippen LogP contribution is 2.54. The number of hydroxylamine groups is 2. The van der Waals surface area contributed by atoms with Gasteiger partial charge in [0.25, 0.3) is 5.91 Å². The number of anilines is 1. The summed E-state index contributed by atoms with van der Waals surface area (Å²) in [5, 5.41) is 2.04. The minimum Gasteiger partial charge on any atom is -0.497 e. The Morgan fingerprint density at radius 3 is 2.23 bits per heavy atom. The van der Waals surface area contributed by atoms with E-state index in [4.69, 9.17) is 9.57 Å². The van der Waals surface area contributed by atoms with Gasteiger partial charge < -0.3 is 4.74 Å². The van der Waals surface area contributed by atoms with Crippen LogP contribution in [0.3, 0.4) is 0 Å². The summed E-state index contributed by atoms with van der Waals surface area (Å²) in [6.07, 6.45) is 0.610. The molecule has 0 unspecified atom stereocenters. The van der Waals surface area contributed by atoms with E-state index in [1.165, 1.54) is 0 Å². The molecule has 0 aliphatic carbocycles. The van der Waals surface area contributed by atoms with Crippen LogP contribution in [-0.4, -0.2) is 18.1 Å². The smallest absolute Gasteiger partial charge is 0.261 e. The van der Waals surface area contributed by atoms with E-state index in [0.717, 1.165) is 28.1 Å². The maximum atomic E-state index is 13.8. The molecule has 5 heteroatoms. The summed E-state index contributed by atoms with van der Waals surface area (Å²) in [7, 11) is 1.64. The van der Waals surface area contributed by atoms with Crippen molar-refractivity contribution in [3.05, 3.63) is 131 Å². The van der Waals surface area contributed by atoms with Crippen molar-refractivity contribution < 1.29 is 14.4 Å². The average molecular weight is 463 g/mol. The lowest BCUT2D eigenvalue weighted by molar-refractivity contribution is -0.212. The van der Waals surface area contributed by atoms with Crippen molar-refractivity contribution in [1.82, 2.24) is 5.06 Å². The van der Waals surface area contributed by atoms with Crippen LogP contribution in [0.5, 0.6) is 5.75 Å². The molecule has 174 valence electrons. The van der Waals surface area contributed by atoms with E-state index in [0.29, 0.717) is 18.5 Å². The number of carbonyl (C=O) groups excluding carboxylic acids is 1. The van der Waals surface area contributed by atoms with Crippen molar-refractivity contribution in [1.29, 1.82) is 0 Å². The molecular weight excluding hydrogens is 436 g/mol. The Morgan fingerprint density at radius 1 is 0.857 bits per heavy atom. The molecule has 0 bridgehead atoms. The van der Waals surface area contributed by atoms with Gasteiger partial charge in [0.2, 0.25) is 0 Å². The van der Waals surface area contributed by atoms with Gasteiger partial charge in [-0.05, 0) is 41.5 Å². The van der Waals surface area contributed by atoms with Gasteiger partial charge in [-0.3, -0.25) is 14.5 Å². The van der Waals surface area contributed by atoms with Gasteiger partial charge in [-0.1, -0.05) is 78.9 Å². The second-order valence-corrected chi connectivity index (χ2v) is 8.95. The summed E-state index contributed by atoms with van der Waals surface area (Å²) < 4.78 is 5.35. The topological polar surface area (TPSA) is 42.0 Å². The van der Waals surface area contributed by atoms with Gasteiger partial charge in [0.1, 0.15) is 5.75 Å². The maximum Gasteiger partial charge on any atom is 0.261 e. The Labute approximate surface area is 205 Å². The van der Waals surface area contributed by atoms with Gasteiger partial charge in [-0.25, -0.2) is 0 Å². The predicted molar refractivity (Wildman–Crippen MR) is 135 cm³/mol. The first-order chi connectivity index (χ1) is 17.2. The number of hydrogen-bond donors (Lipinski definition) is 0. The minimum atomic E-state index is -0.947. The monoisotopic (exact) mass is 462 g/mol. The molecule has 4 aromatic carbocycles. The molecule has 0 radical (unpaired) electrons. The Balaban J connectivity index is 1.48. The number of carbonyl (C=O) groups is 1. The zero-order chi connectivity index (χ0) is 23.8. The second-order valence-electron chi connectivity index (χ2n) is 8.95. The van der Waals surface area contributed by atoms with E-state index in [9.17, 15) is 4.79 Å². The van der Waals surface area contributed by atoms with Crippen LogP contribution < -0.4 is 9.64 Å². The fourth-order valence-corrected chi connectivity index (χ4v) is 5.29. The second kappa shape index (κ2) is 8.69. The molecular formula is C30H26N2O3. The predicted octanol–water partition coefficient (Wildman–Crippen LogP) is 6.09. The van der Waals surface area contributed by atoms with E-state index >= 15 is 0 Å². The van der Waals surface area contributed by atoms with E-state index in [-0.39, 0.29) is 11.9 Å².